The molecule has 0 radical (unpaired) electrons. The highest BCUT2D eigenvalue weighted by Crippen LogP contribution is 1.86. The molecule has 0 aliphatic rings. The molecule has 52 valence electrons. The van der Waals surface area contributed by atoms with Gasteiger partial charge in [-0.15, -0.1) is 0 Å². The maximum atomic E-state index is 10.5. The average molecular weight is 147 g/mol. The normalized spacial score (nSPS) is 8.67. The van der Waals surface area contributed by atoms with Crippen molar-refractivity contribution in [2.75, 3.05) is 7.05 Å². The molecule has 0 rings (SSSR count). The molecule has 0 heterocycles. The van der Waals surface area contributed by atoms with Crippen LogP contribution in [0.4, 0.5) is 0 Å². The minimum absolute atomic E-state index is 0.310. The molecule has 1 N–H and O–H groups in total. The van der Waals surface area contributed by atoms with Crippen LogP contribution in [0.5, 0.6) is 0 Å². The zero-order valence-corrected chi connectivity index (χ0v) is 6.25. The second-order valence-corrected chi connectivity index (χ2v) is 1.86. The molecule has 0 fully saturated rings. The summed E-state index contributed by atoms with van der Waals surface area (Å²) >= 11 is 4.63. The Kier molecular flexibility index (Phi) is 4.17. The first-order valence-electron chi connectivity index (χ1n) is 2.63. The van der Waals surface area contributed by atoms with Crippen molar-refractivity contribution in [2.24, 2.45) is 0 Å². The molecular weight excluding hydrogens is 138 g/mol. The standard InChI is InChI=1S/C5H9NO2S/c1-3-4(9)5(7)8-6-2/h6H,3H2,1-2H3. The molecule has 9 heavy (non-hydrogen) atoms. The molecule has 0 aromatic heterocycles. The summed E-state index contributed by atoms with van der Waals surface area (Å²) in [7, 11) is 1.51. The molecule has 0 unspecified atom stereocenters. The third-order valence-corrected chi connectivity index (χ3v) is 1.20. The summed E-state index contributed by atoms with van der Waals surface area (Å²) in [6.07, 6.45) is 0.551. The molecule has 0 aliphatic heterocycles. The fourth-order valence-corrected chi connectivity index (χ4v) is 0.336. The van der Waals surface area contributed by atoms with E-state index in [0.29, 0.717) is 11.3 Å². The van der Waals surface area contributed by atoms with Gasteiger partial charge < -0.3 is 4.84 Å². The molecule has 0 aromatic rings. The van der Waals surface area contributed by atoms with E-state index in [1.165, 1.54) is 7.05 Å². The van der Waals surface area contributed by atoms with Gasteiger partial charge in [0.25, 0.3) is 0 Å². The van der Waals surface area contributed by atoms with Crippen molar-refractivity contribution < 1.29 is 9.63 Å². The summed E-state index contributed by atoms with van der Waals surface area (Å²) in [5, 5.41) is 0. The Balaban J connectivity index is 3.60. The van der Waals surface area contributed by atoms with Crippen molar-refractivity contribution in [1.82, 2.24) is 5.48 Å². The molecule has 3 nitrogen and oxygen atoms in total. The van der Waals surface area contributed by atoms with Crippen molar-refractivity contribution in [1.29, 1.82) is 0 Å². The minimum Gasteiger partial charge on any atom is -0.367 e. The van der Waals surface area contributed by atoms with Crippen LogP contribution in [0.1, 0.15) is 13.3 Å². The third kappa shape index (κ3) is 3.16. The molecule has 0 saturated carbocycles. The Morgan fingerprint density at radius 3 is 2.67 bits per heavy atom. The highest BCUT2D eigenvalue weighted by atomic mass is 32.1. The Morgan fingerprint density at radius 2 is 2.33 bits per heavy atom. The first kappa shape index (κ1) is 8.52. The fourth-order valence-electron chi connectivity index (χ4n) is 0.294. The van der Waals surface area contributed by atoms with E-state index in [0.717, 1.165) is 0 Å². The Morgan fingerprint density at radius 1 is 1.78 bits per heavy atom. The number of hydrogen-bond acceptors (Lipinski definition) is 4. The topological polar surface area (TPSA) is 38.3 Å². The monoisotopic (exact) mass is 147 g/mol. The van der Waals surface area contributed by atoms with E-state index in [1.54, 1.807) is 6.92 Å². The van der Waals surface area contributed by atoms with Gasteiger partial charge in [-0.1, -0.05) is 19.1 Å². The first-order valence-corrected chi connectivity index (χ1v) is 3.04. The summed E-state index contributed by atoms with van der Waals surface area (Å²) < 4.78 is 0. The smallest absolute Gasteiger partial charge is 0.363 e. The van der Waals surface area contributed by atoms with Gasteiger partial charge in [-0.05, 0) is 6.42 Å². The van der Waals surface area contributed by atoms with Gasteiger partial charge in [-0.2, -0.15) is 5.48 Å². The number of rotatable bonds is 3. The summed E-state index contributed by atoms with van der Waals surface area (Å²) in [6.45, 7) is 1.80. The van der Waals surface area contributed by atoms with Crippen molar-refractivity contribution in [3.8, 4) is 0 Å². The SMILES string of the molecule is CCC(=S)C(=O)ONC. The second-order valence-electron chi connectivity index (χ2n) is 1.37. The van der Waals surface area contributed by atoms with Gasteiger partial charge in [0, 0.05) is 7.05 Å². The van der Waals surface area contributed by atoms with Gasteiger partial charge in [0.05, 0.1) is 0 Å². The van der Waals surface area contributed by atoms with E-state index >= 15 is 0 Å². The Hall–Kier alpha value is -0.480. The number of hydrogen-bond donors (Lipinski definition) is 1. The van der Waals surface area contributed by atoms with Gasteiger partial charge in [0.15, 0.2) is 0 Å². The molecule has 0 spiro atoms. The van der Waals surface area contributed by atoms with E-state index in [2.05, 4.69) is 22.5 Å². The first-order chi connectivity index (χ1) is 4.22. The van der Waals surface area contributed by atoms with Crippen molar-refractivity contribution in [3.05, 3.63) is 0 Å². The van der Waals surface area contributed by atoms with Crippen LogP contribution in [0.25, 0.3) is 0 Å². The quantitative estimate of drug-likeness (QED) is 0.464. The molecular formula is C5H9NO2S. The molecule has 0 aromatic carbocycles. The maximum absolute atomic E-state index is 10.5. The zero-order chi connectivity index (χ0) is 7.28. The molecule has 0 bridgehead atoms. The highest BCUT2D eigenvalue weighted by molar-refractivity contribution is 7.82. The minimum atomic E-state index is -0.463. The van der Waals surface area contributed by atoms with Crippen molar-refractivity contribution in [3.63, 3.8) is 0 Å². The summed E-state index contributed by atoms with van der Waals surface area (Å²) in [6, 6.07) is 0. The Labute approximate surface area is 59.3 Å². The van der Waals surface area contributed by atoms with Crippen LogP contribution in [-0.2, 0) is 9.63 Å². The zero-order valence-electron chi connectivity index (χ0n) is 5.43. The largest absolute Gasteiger partial charge is 0.367 e. The fraction of sp³-hybridized carbons (Fsp3) is 0.600. The van der Waals surface area contributed by atoms with Crippen LogP contribution in [0.2, 0.25) is 0 Å². The lowest BCUT2D eigenvalue weighted by atomic mass is 10.3. The summed E-state index contributed by atoms with van der Waals surface area (Å²) in [4.78, 5) is 15.2. The van der Waals surface area contributed by atoms with Crippen LogP contribution in [0.3, 0.4) is 0 Å². The molecule has 0 aliphatic carbocycles. The summed E-state index contributed by atoms with van der Waals surface area (Å²) in [5.74, 6) is -0.463. The van der Waals surface area contributed by atoms with Crippen LogP contribution in [0.15, 0.2) is 0 Å². The van der Waals surface area contributed by atoms with E-state index in [-0.39, 0.29) is 0 Å². The van der Waals surface area contributed by atoms with Crippen LogP contribution >= 0.6 is 12.2 Å². The van der Waals surface area contributed by atoms with Crippen LogP contribution in [-0.4, -0.2) is 17.9 Å². The van der Waals surface area contributed by atoms with Crippen LogP contribution in [0, 0.1) is 0 Å². The lowest BCUT2D eigenvalue weighted by molar-refractivity contribution is -0.141. The molecule has 0 atom stereocenters. The van der Waals surface area contributed by atoms with Crippen LogP contribution < -0.4 is 5.48 Å². The number of thiocarbonyl (C=S) groups is 1. The van der Waals surface area contributed by atoms with Gasteiger partial charge in [-0.25, -0.2) is 4.79 Å². The van der Waals surface area contributed by atoms with E-state index in [4.69, 9.17) is 0 Å². The lowest BCUT2D eigenvalue weighted by Gasteiger charge is -1.98. The van der Waals surface area contributed by atoms with Gasteiger partial charge in [-0.3, -0.25) is 0 Å². The molecule has 0 amide bonds. The van der Waals surface area contributed by atoms with Crippen molar-refractivity contribution in [2.45, 2.75) is 13.3 Å². The van der Waals surface area contributed by atoms with E-state index in [1.807, 2.05) is 0 Å². The van der Waals surface area contributed by atoms with Crippen molar-refractivity contribution >= 4 is 23.1 Å². The maximum Gasteiger partial charge on any atom is 0.363 e. The Bertz CT molecular complexity index is 124. The van der Waals surface area contributed by atoms with Gasteiger partial charge in [0.1, 0.15) is 4.86 Å². The lowest BCUT2D eigenvalue weighted by Crippen LogP contribution is -2.21. The van der Waals surface area contributed by atoms with E-state index < -0.39 is 5.97 Å². The van der Waals surface area contributed by atoms with Gasteiger partial charge in [0.2, 0.25) is 0 Å². The number of hydroxylamine groups is 1. The summed E-state index contributed by atoms with van der Waals surface area (Å²) in [5.41, 5.74) is 2.25. The number of carbonyl (C=O) groups excluding carboxylic acids is 1. The van der Waals surface area contributed by atoms with E-state index in [9.17, 15) is 4.79 Å². The van der Waals surface area contributed by atoms with Gasteiger partial charge >= 0.3 is 5.97 Å². The predicted molar refractivity (Wildman–Crippen MR) is 38.0 cm³/mol. The number of carbonyl (C=O) groups is 1. The second kappa shape index (κ2) is 4.40. The third-order valence-electron chi connectivity index (χ3n) is 0.744. The highest BCUT2D eigenvalue weighted by Gasteiger charge is 2.05. The predicted octanol–water partition coefficient (Wildman–Crippen LogP) is 0.444. The molecule has 4 heteroatoms. The average Bonchev–Trinajstić information content (AvgIpc) is 1.87. The number of nitrogens with one attached hydrogen (secondary N) is 1. The molecule has 0 saturated heterocycles.